The van der Waals surface area contributed by atoms with Gasteiger partial charge in [-0.25, -0.2) is 0 Å². The topological polar surface area (TPSA) is 41.1 Å². The van der Waals surface area contributed by atoms with Crippen molar-refractivity contribution >= 4 is 5.91 Å². The van der Waals surface area contributed by atoms with Gasteiger partial charge in [-0.05, 0) is 18.8 Å². The summed E-state index contributed by atoms with van der Waals surface area (Å²) in [6.45, 7) is 3.97. The van der Waals surface area contributed by atoms with Crippen molar-refractivity contribution in [3.63, 3.8) is 0 Å². The van der Waals surface area contributed by atoms with E-state index in [1.54, 1.807) is 0 Å². The molecule has 2 rings (SSSR count). The van der Waals surface area contributed by atoms with Crippen LogP contribution in [0.15, 0.2) is 0 Å². The van der Waals surface area contributed by atoms with Crippen molar-refractivity contribution in [1.29, 1.82) is 0 Å². The van der Waals surface area contributed by atoms with Gasteiger partial charge in [0.15, 0.2) is 0 Å². The number of hydrogen-bond donors (Lipinski definition) is 2. The molecule has 12 heavy (non-hydrogen) atoms. The molecule has 2 N–H and O–H groups in total. The largest absolute Gasteiger partial charge is 0.353 e. The molecule has 3 heteroatoms. The third-order valence-electron chi connectivity index (χ3n) is 2.87. The van der Waals surface area contributed by atoms with Crippen molar-refractivity contribution in [2.24, 2.45) is 11.8 Å². The quantitative estimate of drug-likeness (QED) is 0.615. The predicted molar refractivity (Wildman–Crippen MR) is 46.7 cm³/mol. The maximum atomic E-state index is 11.4. The molecule has 0 radical (unpaired) electrons. The smallest absolute Gasteiger partial charge is 0.225 e. The number of amides is 1. The van der Waals surface area contributed by atoms with Crippen molar-refractivity contribution in [2.45, 2.75) is 25.8 Å². The molecular weight excluding hydrogens is 152 g/mol. The molecule has 2 aliphatic rings. The van der Waals surface area contributed by atoms with E-state index in [9.17, 15) is 4.79 Å². The highest BCUT2D eigenvalue weighted by Gasteiger charge is 2.31. The van der Waals surface area contributed by atoms with Crippen molar-refractivity contribution in [3.8, 4) is 0 Å². The molecule has 0 aromatic rings. The van der Waals surface area contributed by atoms with E-state index in [1.165, 1.54) is 12.8 Å². The number of carbonyl (C=O) groups is 1. The van der Waals surface area contributed by atoms with E-state index in [1.807, 2.05) is 0 Å². The molecule has 1 aliphatic heterocycles. The molecule has 0 aromatic heterocycles. The minimum absolute atomic E-state index is 0.251. The lowest BCUT2D eigenvalue weighted by atomic mass is 9.81. The zero-order valence-electron chi connectivity index (χ0n) is 7.47. The number of carbonyl (C=O) groups excluding carboxylic acids is 1. The monoisotopic (exact) mass is 168 g/mol. The van der Waals surface area contributed by atoms with Gasteiger partial charge in [-0.15, -0.1) is 0 Å². The maximum absolute atomic E-state index is 11.4. The fourth-order valence-corrected chi connectivity index (χ4v) is 1.81. The van der Waals surface area contributed by atoms with Crippen molar-refractivity contribution in [2.75, 3.05) is 13.1 Å². The molecule has 1 saturated carbocycles. The van der Waals surface area contributed by atoms with Gasteiger partial charge >= 0.3 is 0 Å². The first kappa shape index (κ1) is 8.05. The first-order chi connectivity index (χ1) is 5.75. The summed E-state index contributed by atoms with van der Waals surface area (Å²) in [5.41, 5.74) is 0. The van der Waals surface area contributed by atoms with Gasteiger partial charge < -0.3 is 10.6 Å². The lowest BCUT2D eigenvalue weighted by molar-refractivity contribution is -0.127. The van der Waals surface area contributed by atoms with Crippen LogP contribution in [-0.2, 0) is 4.79 Å². The molecule has 0 aromatic carbocycles. The van der Waals surface area contributed by atoms with Crippen LogP contribution in [0.25, 0.3) is 0 Å². The molecule has 68 valence electrons. The average Bonchev–Trinajstić information content (AvgIpc) is 1.79. The van der Waals surface area contributed by atoms with Crippen LogP contribution in [0.1, 0.15) is 19.8 Å². The molecule has 2 fully saturated rings. The summed E-state index contributed by atoms with van der Waals surface area (Å²) in [7, 11) is 0. The summed E-state index contributed by atoms with van der Waals surface area (Å²) < 4.78 is 0. The Bertz CT molecular complexity index is 183. The number of nitrogens with one attached hydrogen (secondary N) is 2. The van der Waals surface area contributed by atoms with Crippen LogP contribution in [0.5, 0.6) is 0 Å². The Labute approximate surface area is 72.9 Å². The summed E-state index contributed by atoms with van der Waals surface area (Å²) in [4.78, 5) is 11.4. The first-order valence-electron chi connectivity index (χ1n) is 4.77. The van der Waals surface area contributed by atoms with Gasteiger partial charge in [-0.2, -0.15) is 0 Å². The predicted octanol–water partition coefficient (Wildman–Crippen LogP) is 0.120. The lowest BCUT2D eigenvalue weighted by Crippen LogP contribution is -2.54. The molecule has 3 nitrogen and oxygen atoms in total. The summed E-state index contributed by atoms with van der Waals surface area (Å²) in [5, 5.41) is 6.17. The average molecular weight is 168 g/mol. The van der Waals surface area contributed by atoms with E-state index in [0.29, 0.717) is 6.04 Å². The van der Waals surface area contributed by atoms with Gasteiger partial charge in [0, 0.05) is 19.1 Å². The highest BCUT2D eigenvalue weighted by Crippen LogP contribution is 2.26. The van der Waals surface area contributed by atoms with Crippen LogP contribution in [-0.4, -0.2) is 25.0 Å². The third-order valence-corrected chi connectivity index (χ3v) is 2.87. The van der Waals surface area contributed by atoms with Gasteiger partial charge in [0.25, 0.3) is 0 Å². The molecule has 1 aliphatic carbocycles. The van der Waals surface area contributed by atoms with E-state index >= 15 is 0 Å². The number of hydrogen-bond acceptors (Lipinski definition) is 2. The van der Waals surface area contributed by atoms with Gasteiger partial charge in [-0.3, -0.25) is 4.79 Å². The highest BCUT2D eigenvalue weighted by molar-refractivity contribution is 5.80. The van der Waals surface area contributed by atoms with E-state index in [0.717, 1.165) is 19.0 Å². The Morgan fingerprint density at radius 1 is 1.42 bits per heavy atom. The summed E-state index contributed by atoms with van der Waals surface area (Å²) in [6, 6.07) is 0.480. The fraction of sp³-hybridized carbons (Fsp3) is 0.889. The van der Waals surface area contributed by atoms with E-state index in [4.69, 9.17) is 0 Å². The molecule has 0 bridgehead atoms. The Morgan fingerprint density at radius 2 is 2.08 bits per heavy atom. The van der Waals surface area contributed by atoms with Crippen LogP contribution in [0, 0.1) is 11.8 Å². The van der Waals surface area contributed by atoms with E-state index < -0.39 is 0 Å². The summed E-state index contributed by atoms with van der Waals surface area (Å²) in [6.07, 6.45) is 2.35. The van der Waals surface area contributed by atoms with Crippen LogP contribution in [0.4, 0.5) is 0 Å². The van der Waals surface area contributed by atoms with Crippen LogP contribution < -0.4 is 10.6 Å². The second-order valence-electron chi connectivity index (χ2n) is 4.14. The van der Waals surface area contributed by atoms with Gasteiger partial charge in [0.05, 0.1) is 5.92 Å². The second kappa shape index (κ2) is 3.05. The molecule has 0 unspecified atom stereocenters. The Kier molecular flexibility index (Phi) is 2.05. The highest BCUT2D eigenvalue weighted by atomic mass is 16.2. The standard InChI is InChI=1S/C9H16N2O/c1-6-2-8(3-6)11-9(12)7-4-10-5-7/h6-8,10H,2-5H2,1H3,(H,11,12). The Hall–Kier alpha value is -0.570. The summed E-state index contributed by atoms with van der Waals surface area (Å²) in [5.74, 6) is 1.32. The number of rotatable bonds is 2. The van der Waals surface area contributed by atoms with Crippen molar-refractivity contribution in [1.82, 2.24) is 10.6 Å². The zero-order chi connectivity index (χ0) is 8.55. The Morgan fingerprint density at radius 3 is 2.50 bits per heavy atom. The molecule has 1 amide bonds. The van der Waals surface area contributed by atoms with Crippen molar-refractivity contribution in [3.05, 3.63) is 0 Å². The third kappa shape index (κ3) is 1.46. The molecule has 1 heterocycles. The van der Waals surface area contributed by atoms with E-state index in [-0.39, 0.29) is 11.8 Å². The van der Waals surface area contributed by atoms with Crippen LogP contribution in [0.2, 0.25) is 0 Å². The molecule has 0 spiro atoms. The minimum Gasteiger partial charge on any atom is -0.353 e. The SMILES string of the molecule is CC1CC(NC(=O)C2CNC2)C1. The molecule has 0 atom stereocenters. The van der Waals surface area contributed by atoms with Gasteiger partial charge in [0.2, 0.25) is 5.91 Å². The Balaban J connectivity index is 1.69. The van der Waals surface area contributed by atoms with Gasteiger partial charge in [0.1, 0.15) is 0 Å². The first-order valence-corrected chi connectivity index (χ1v) is 4.77. The lowest BCUT2D eigenvalue weighted by Gasteiger charge is -2.36. The second-order valence-corrected chi connectivity index (χ2v) is 4.14. The zero-order valence-corrected chi connectivity index (χ0v) is 7.47. The van der Waals surface area contributed by atoms with E-state index in [2.05, 4.69) is 17.6 Å². The van der Waals surface area contributed by atoms with Crippen LogP contribution >= 0.6 is 0 Å². The van der Waals surface area contributed by atoms with Crippen LogP contribution in [0.3, 0.4) is 0 Å². The molecular formula is C9H16N2O. The summed E-state index contributed by atoms with van der Waals surface area (Å²) >= 11 is 0. The fourth-order valence-electron chi connectivity index (χ4n) is 1.81. The normalized spacial score (nSPS) is 35.1. The van der Waals surface area contributed by atoms with Gasteiger partial charge in [-0.1, -0.05) is 6.92 Å². The molecule has 1 saturated heterocycles. The maximum Gasteiger partial charge on any atom is 0.225 e. The minimum atomic E-state index is 0.251. The van der Waals surface area contributed by atoms with Crippen molar-refractivity contribution < 1.29 is 4.79 Å².